The zero-order valence-corrected chi connectivity index (χ0v) is 13.0. The molecule has 0 saturated heterocycles. The average molecular weight is 339 g/mol. The van der Waals surface area contributed by atoms with Crippen LogP contribution < -0.4 is 0 Å². The third-order valence-electron chi connectivity index (χ3n) is 2.91. The first-order valence-corrected chi connectivity index (χ1v) is 8.46. The molecule has 19 heavy (non-hydrogen) atoms. The smallest absolute Gasteiger partial charge is 0.178 e. The zero-order chi connectivity index (χ0) is 13.9. The Balaban J connectivity index is 2.12. The van der Waals surface area contributed by atoms with Crippen molar-refractivity contribution in [1.29, 1.82) is 0 Å². The molecule has 2 aromatic carbocycles. The Morgan fingerprint density at radius 3 is 2.37 bits per heavy atom. The normalized spacial score (nSPS) is 11.5. The van der Waals surface area contributed by atoms with Crippen molar-refractivity contribution in [2.24, 2.45) is 0 Å². The second-order valence-corrected chi connectivity index (χ2v) is 7.54. The number of hydrogen-bond acceptors (Lipinski definition) is 2. The molecule has 0 fully saturated rings. The van der Waals surface area contributed by atoms with Crippen LogP contribution in [-0.4, -0.2) is 14.2 Å². The van der Waals surface area contributed by atoms with Crippen molar-refractivity contribution < 1.29 is 8.42 Å². The van der Waals surface area contributed by atoms with E-state index in [0.717, 1.165) is 15.6 Å². The van der Waals surface area contributed by atoms with Gasteiger partial charge in [0.15, 0.2) is 9.84 Å². The van der Waals surface area contributed by atoms with Crippen LogP contribution in [0.4, 0.5) is 0 Å². The second kappa shape index (κ2) is 5.88. The van der Waals surface area contributed by atoms with Crippen molar-refractivity contribution in [3.63, 3.8) is 0 Å². The fourth-order valence-electron chi connectivity index (χ4n) is 1.88. The Kier molecular flexibility index (Phi) is 4.42. The van der Waals surface area contributed by atoms with E-state index in [1.54, 1.807) is 24.3 Å². The van der Waals surface area contributed by atoms with Crippen molar-refractivity contribution in [3.8, 4) is 0 Å². The van der Waals surface area contributed by atoms with Gasteiger partial charge in [-0.15, -0.1) is 0 Å². The van der Waals surface area contributed by atoms with E-state index in [9.17, 15) is 8.42 Å². The molecule has 0 unspecified atom stereocenters. The number of benzene rings is 2. The molecule has 2 nitrogen and oxygen atoms in total. The Morgan fingerprint density at radius 1 is 1.05 bits per heavy atom. The Morgan fingerprint density at radius 2 is 1.74 bits per heavy atom. The molecule has 0 spiro atoms. The summed E-state index contributed by atoms with van der Waals surface area (Å²) in [4.78, 5) is 0.378. The van der Waals surface area contributed by atoms with Crippen LogP contribution in [0.5, 0.6) is 0 Å². The van der Waals surface area contributed by atoms with Crippen LogP contribution in [0.15, 0.2) is 57.9 Å². The summed E-state index contributed by atoms with van der Waals surface area (Å²) in [6.07, 6.45) is 0.542. The van der Waals surface area contributed by atoms with Crippen molar-refractivity contribution in [2.75, 3.05) is 5.75 Å². The maximum atomic E-state index is 12.2. The number of sulfone groups is 1. The lowest BCUT2D eigenvalue weighted by atomic mass is 10.1. The maximum absolute atomic E-state index is 12.2. The van der Waals surface area contributed by atoms with Gasteiger partial charge in [0.2, 0.25) is 0 Å². The SMILES string of the molecule is Cc1cccc(CCS(=O)(=O)c2ccc(Br)cc2)c1. The Bertz CT molecular complexity index is 661. The lowest BCUT2D eigenvalue weighted by Gasteiger charge is -2.05. The highest BCUT2D eigenvalue weighted by molar-refractivity contribution is 9.10. The van der Waals surface area contributed by atoms with Gasteiger partial charge >= 0.3 is 0 Å². The maximum Gasteiger partial charge on any atom is 0.178 e. The highest BCUT2D eigenvalue weighted by Gasteiger charge is 2.14. The third-order valence-corrected chi connectivity index (χ3v) is 5.18. The Labute approximate surface area is 122 Å². The summed E-state index contributed by atoms with van der Waals surface area (Å²) in [5.74, 6) is 0.137. The number of hydrogen-bond donors (Lipinski definition) is 0. The monoisotopic (exact) mass is 338 g/mol. The first kappa shape index (κ1) is 14.3. The van der Waals surface area contributed by atoms with Gasteiger partial charge in [0.1, 0.15) is 0 Å². The molecule has 0 aliphatic heterocycles. The van der Waals surface area contributed by atoms with Gasteiger partial charge in [-0.3, -0.25) is 0 Å². The largest absolute Gasteiger partial charge is 0.224 e. The standard InChI is InChI=1S/C15H15BrO2S/c1-12-3-2-4-13(11-12)9-10-19(17,18)15-7-5-14(16)6-8-15/h2-8,11H,9-10H2,1H3. The predicted octanol–water partition coefficient (Wildman–Crippen LogP) is 3.77. The molecule has 0 amide bonds. The lowest BCUT2D eigenvalue weighted by Crippen LogP contribution is -2.09. The number of aryl methyl sites for hydroxylation is 2. The van der Waals surface area contributed by atoms with Crippen LogP contribution in [0.2, 0.25) is 0 Å². The molecule has 2 rings (SSSR count). The van der Waals surface area contributed by atoms with Crippen molar-refractivity contribution in [3.05, 3.63) is 64.1 Å². The van der Waals surface area contributed by atoms with Crippen LogP contribution in [0.1, 0.15) is 11.1 Å². The summed E-state index contributed by atoms with van der Waals surface area (Å²) in [7, 11) is -3.21. The van der Waals surface area contributed by atoms with Crippen molar-refractivity contribution >= 4 is 25.8 Å². The molecule has 0 aliphatic rings. The molecule has 2 aromatic rings. The van der Waals surface area contributed by atoms with Crippen LogP contribution in [0.25, 0.3) is 0 Å². The lowest BCUT2D eigenvalue weighted by molar-refractivity contribution is 0.595. The quantitative estimate of drug-likeness (QED) is 0.850. The molecule has 0 bridgehead atoms. The molecule has 4 heteroatoms. The molecular formula is C15H15BrO2S. The average Bonchev–Trinajstić information content (AvgIpc) is 2.37. The summed E-state index contributed by atoms with van der Waals surface area (Å²) >= 11 is 3.30. The fourth-order valence-corrected chi connectivity index (χ4v) is 3.43. The molecule has 100 valence electrons. The van der Waals surface area contributed by atoms with E-state index in [0.29, 0.717) is 11.3 Å². The third kappa shape index (κ3) is 3.91. The van der Waals surface area contributed by atoms with E-state index in [4.69, 9.17) is 0 Å². The van der Waals surface area contributed by atoms with E-state index in [-0.39, 0.29) is 5.75 Å². The fraction of sp³-hybridized carbons (Fsp3) is 0.200. The Hall–Kier alpha value is -1.13. The molecule has 0 aromatic heterocycles. The van der Waals surface area contributed by atoms with Crippen molar-refractivity contribution in [2.45, 2.75) is 18.2 Å². The van der Waals surface area contributed by atoms with Crippen molar-refractivity contribution in [1.82, 2.24) is 0 Å². The van der Waals surface area contributed by atoms with Gasteiger partial charge in [0.05, 0.1) is 10.6 Å². The molecular weight excluding hydrogens is 324 g/mol. The van der Waals surface area contributed by atoms with Gasteiger partial charge < -0.3 is 0 Å². The summed E-state index contributed by atoms with van der Waals surface area (Å²) in [6, 6.07) is 14.7. The molecule has 0 N–H and O–H groups in total. The van der Waals surface area contributed by atoms with Gasteiger partial charge in [0, 0.05) is 4.47 Å². The van der Waals surface area contributed by atoms with E-state index in [1.807, 2.05) is 31.2 Å². The molecule has 0 aliphatic carbocycles. The zero-order valence-electron chi connectivity index (χ0n) is 10.6. The van der Waals surface area contributed by atoms with E-state index < -0.39 is 9.84 Å². The van der Waals surface area contributed by atoms with Gasteiger partial charge in [-0.1, -0.05) is 45.8 Å². The topological polar surface area (TPSA) is 34.1 Å². The van der Waals surface area contributed by atoms with Crippen LogP contribution in [0.3, 0.4) is 0 Å². The van der Waals surface area contributed by atoms with Gasteiger partial charge in [-0.05, 0) is 43.2 Å². The van der Waals surface area contributed by atoms with E-state index in [2.05, 4.69) is 15.9 Å². The number of rotatable bonds is 4. The molecule has 0 saturated carbocycles. The molecule has 0 heterocycles. The highest BCUT2D eigenvalue weighted by Crippen LogP contribution is 2.17. The van der Waals surface area contributed by atoms with E-state index in [1.165, 1.54) is 0 Å². The van der Waals surface area contributed by atoms with Gasteiger partial charge in [0.25, 0.3) is 0 Å². The molecule has 0 radical (unpaired) electrons. The minimum absolute atomic E-state index is 0.137. The first-order valence-electron chi connectivity index (χ1n) is 6.01. The summed E-state index contributed by atoms with van der Waals surface area (Å²) in [6.45, 7) is 2.01. The van der Waals surface area contributed by atoms with Crippen LogP contribution in [0, 0.1) is 6.92 Å². The minimum Gasteiger partial charge on any atom is -0.224 e. The summed E-state index contributed by atoms with van der Waals surface area (Å²) < 4.78 is 25.3. The van der Waals surface area contributed by atoms with Gasteiger partial charge in [-0.25, -0.2) is 8.42 Å². The second-order valence-electron chi connectivity index (χ2n) is 4.51. The molecule has 0 atom stereocenters. The minimum atomic E-state index is -3.21. The predicted molar refractivity (Wildman–Crippen MR) is 81.1 cm³/mol. The van der Waals surface area contributed by atoms with Gasteiger partial charge in [-0.2, -0.15) is 0 Å². The first-order chi connectivity index (χ1) is 8.97. The number of halogens is 1. The summed E-state index contributed by atoms with van der Waals surface area (Å²) in [5.41, 5.74) is 2.21. The van der Waals surface area contributed by atoms with Crippen LogP contribution >= 0.6 is 15.9 Å². The van der Waals surface area contributed by atoms with E-state index >= 15 is 0 Å². The highest BCUT2D eigenvalue weighted by atomic mass is 79.9. The summed E-state index contributed by atoms with van der Waals surface area (Å²) in [5, 5.41) is 0. The van der Waals surface area contributed by atoms with Crippen LogP contribution in [-0.2, 0) is 16.3 Å².